The lowest BCUT2D eigenvalue weighted by Gasteiger charge is -2.23. The molecule has 1 saturated heterocycles. The molecule has 24 heavy (non-hydrogen) atoms. The molecule has 0 spiro atoms. The van der Waals surface area contributed by atoms with Crippen molar-refractivity contribution in [2.45, 2.75) is 25.6 Å². The zero-order valence-electron chi connectivity index (χ0n) is 13.2. The number of hydrogen-bond acceptors (Lipinski definition) is 5. The van der Waals surface area contributed by atoms with E-state index in [4.69, 9.17) is 16.6 Å². The van der Waals surface area contributed by atoms with Gasteiger partial charge >= 0.3 is 0 Å². The van der Waals surface area contributed by atoms with Gasteiger partial charge in [-0.05, 0) is 48.8 Å². The van der Waals surface area contributed by atoms with Crippen LogP contribution in [0, 0.1) is 4.84 Å². The average Bonchev–Trinajstić information content (AvgIpc) is 3.24. The van der Waals surface area contributed by atoms with Crippen molar-refractivity contribution in [2.75, 3.05) is 6.54 Å². The number of hydrogen-bond donors (Lipinski definition) is 0. The van der Waals surface area contributed by atoms with Gasteiger partial charge in [-0.1, -0.05) is 24.3 Å². The fraction of sp³-hybridized carbons (Fsp3) is 0.278. The molecular formula is C18H18N4OS. The zero-order valence-corrected chi connectivity index (χ0v) is 14.0. The summed E-state index contributed by atoms with van der Waals surface area (Å²) in [4.78, 5) is 7.03. The summed E-state index contributed by atoms with van der Waals surface area (Å²) in [5.41, 5.74) is 2.18. The number of aromatic nitrogens is 3. The molecular weight excluding hydrogens is 320 g/mol. The molecule has 3 aromatic rings. The minimum Gasteiger partial charge on any atom is -0.409 e. The Kier molecular flexibility index (Phi) is 4.23. The maximum absolute atomic E-state index is 5.68. The quantitative estimate of drug-likeness (QED) is 0.671. The molecule has 1 fully saturated rings. The largest absolute Gasteiger partial charge is 0.409 e. The van der Waals surface area contributed by atoms with Crippen LogP contribution in [0.3, 0.4) is 0 Å². The van der Waals surface area contributed by atoms with Crippen LogP contribution in [0.5, 0.6) is 0 Å². The smallest absolute Gasteiger partial charge is 0.288 e. The number of rotatable bonds is 4. The number of nitrogens with zero attached hydrogens (tertiary/aromatic N) is 4. The minimum absolute atomic E-state index is 0.359. The average molecular weight is 338 g/mol. The van der Waals surface area contributed by atoms with Gasteiger partial charge in [0.25, 0.3) is 4.84 Å². The monoisotopic (exact) mass is 338 g/mol. The van der Waals surface area contributed by atoms with Crippen LogP contribution >= 0.6 is 12.2 Å². The van der Waals surface area contributed by atoms with E-state index >= 15 is 0 Å². The highest BCUT2D eigenvalue weighted by Gasteiger charge is 2.27. The van der Waals surface area contributed by atoms with E-state index in [0.717, 1.165) is 24.9 Å². The first-order valence-corrected chi connectivity index (χ1v) is 8.49. The van der Waals surface area contributed by atoms with Crippen LogP contribution in [-0.4, -0.2) is 26.2 Å². The van der Waals surface area contributed by atoms with Gasteiger partial charge in [0.15, 0.2) is 0 Å². The molecule has 4 rings (SSSR count). The summed E-state index contributed by atoms with van der Waals surface area (Å²) < 4.78 is 7.45. The molecule has 0 amide bonds. The molecule has 0 aliphatic carbocycles. The number of likely N-dealkylation sites (tertiary alicyclic amines) is 1. The Morgan fingerprint density at radius 3 is 2.83 bits per heavy atom. The lowest BCUT2D eigenvalue weighted by molar-refractivity contribution is 0.187. The molecule has 2 aromatic heterocycles. The van der Waals surface area contributed by atoms with Gasteiger partial charge in [-0.3, -0.25) is 9.88 Å². The summed E-state index contributed by atoms with van der Waals surface area (Å²) in [6, 6.07) is 14.3. The SMILES string of the molecule is S=c1oc(-c2ccccc2)nn1CN1CCCC1c1cccnc1. The Labute approximate surface area is 145 Å². The molecule has 0 bridgehead atoms. The van der Waals surface area contributed by atoms with Crippen LogP contribution in [0.4, 0.5) is 0 Å². The van der Waals surface area contributed by atoms with Gasteiger partial charge in [-0.15, -0.1) is 5.10 Å². The Hall–Kier alpha value is -2.31. The third-order valence-corrected chi connectivity index (χ3v) is 4.67. The van der Waals surface area contributed by atoms with E-state index in [0.29, 0.717) is 23.4 Å². The lowest BCUT2D eigenvalue weighted by atomic mass is 10.1. The van der Waals surface area contributed by atoms with Crippen molar-refractivity contribution in [3.63, 3.8) is 0 Å². The van der Waals surface area contributed by atoms with Crippen molar-refractivity contribution in [3.05, 3.63) is 65.3 Å². The first kappa shape index (κ1) is 15.2. The highest BCUT2D eigenvalue weighted by molar-refractivity contribution is 7.71. The Morgan fingerprint density at radius 1 is 1.17 bits per heavy atom. The Bertz CT molecular complexity index is 859. The summed E-state index contributed by atoms with van der Waals surface area (Å²) in [7, 11) is 0. The molecule has 0 saturated carbocycles. The van der Waals surface area contributed by atoms with Crippen LogP contribution in [0.2, 0.25) is 0 Å². The third-order valence-electron chi connectivity index (χ3n) is 4.38. The first-order valence-electron chi connectivity index (χ1n) is 8.08. The van der Waals surface area contributed by atoms with Gasteiger partial charge in [-0.25, -0.2) is 4.68 Å². The topological polar surface area (TPSA) is 47.1 Å². The summed E-state index contributed by atoms with van der Waals surface area (Å²) in [6.45, 7) is 1.66. The maximum atomic E-state index is 5.68. The fourth-order valence-corrected chi connectivity index (χ4v) is 3.39. The summed E-state index contributed by atoms with van der Waals surface area (Å²) in [5.74, 6) is 0.567. The predicted molar refractivity (Wildman–Crippen MR) is 93.7 cm³/mol. The summed E-state index contributed by atoms with van der Waals surface area (Å²) in [6.07, 6.45) is 6.04. The first-order chi connectivity index (χ1) is 11.8. The molecule has 1 aromatic carbocycles. The van der Waals surface area contributed by atoms with Gasteiger partial charge in [0.2, 0.25) is 5.89 Å². The van der Waals surface area contributed by atoms with E-state index in [1.165, 1.54) is 5.56 Å². The highest BCUT2D eigenvalue weighted by Crippen LogP contribution is 2.31. The highest BCUT2D eigenvalue weighted by atomic mass is 32.1. The van der Waals surface area contributed by atoms with Crippen LogP contribution in [0.1, 0.15) is 24.4 Å². The standard InChI is InChI=1S/C18H18N4OS/c24-18-22(20-17(23-18)14-6-2-1-3-7-14)13-21-11-5-9-16(21)15-8-4-10-19-12-15/h1-4,6-8,10,12,16H,5,9,11,13H2. The van der Waals surface area contributed by atoms with E-state index in [9.17, 15) is 0 Å². The second-order valence-electron chi connectivity index (χ2n) is 5.94. The summed E-state index contributed by atoms with van der Waals surface area (Å²) >= 11 is 5.36. The number of benzene rings is 1. The third kappa shape index (κ3) is 3.02. The minimum atomic E-state index is 0.359. The predicted octanol–water partition coefficient (Wildman–Crippen LogP) is 4.06. The normalized spacial score (nSPS) is 18.1. The van der Waals surface area contributed by atoms with Crippen molar-refractivity contribution in [1.29, 1.82) is 0 Å². The molecule has 1 atom stereocenters. The summed E-state index contributed by atoms with van der Waals surface area (Å²) in [5, 5.41) is 4.56. The maximum Gasteiger partial charge on any atom is 0.288 e. The Morgan fingerprint density at radius 2 is 2.04 bits per heavy atom. The molecule has 0 N–H and O–H groups in total. The Balaban J connectivity index is 1.57. The molecule has 5 nitrogen and oxygen atoms in total. The second kappa shape index (κ2) is 6.67. The van der Waals surface area contributed by atoms with Gasteiger partial charge in [0, 0.05) is 30.5 Å². The zero-order chi connectivity index (χ0) is 16.4. The van der Waals surface area contributed by atoms with E-state index in [2.05, 4.69) is 21.0 Å². The van der Waals surface area contributed by atoms with Crippen LogP contribution < -0.4 is 0 Å². The van der Waals surface area contributed by atoms with E-state index in [1.807, 2.05) is 48.8 Å². The van der Waals surface area contributed by atoms with Gasteiger partial charge in [0.05, 0.1) is 6.67 Å². The molecule has 1 unspecified atom stereocenters. The van der Waals surface area contributed by atoms with Crippen molar-refractivity contribution in [2.24, 2.45) is 0 Å². The molecule has 1 aliphatic rings. The molecule has 3 heterocycles. The second-order valence-corrected chi connectivity index (χ2v) is 6.29. The van der Waals surface area contributed by atoms with Crippen LogP contribution in [0.15, 0.2) is 59.3 Å². The number of pyridine rings is 1. The van der Waals surface area contributed by atoms with Gasteiger partial charge in [-0.2, -0.15) is 0 Å². The van der Waals surface area contributed by atoms with Crippen LogP contribution in [0.25, 0.3) is 11.5 Å². The van der Waals surface area contributed by atoms with Gasteiger partial charge in [0.1, 0.15) is 0 Å². The molecule has 6 heteroatoms. The van der Waals surface area contributed by atoms with Crippen molar-refractivity contribution < 1.29 is 4.42 Å². The van der Waals surface area contributed by atoms with Crippen LogP contribution in [-0.2, 0) is 6.67 Å². The molecule has 1 aliphatic heterocycles. The van der Waals surface area contributed by atoms with Crippen molar-refractivity contribution in [3.8, 4) is 11.5 Å². The van der Waals surface area contributed by atoms with Crippen molar-refractivity contribution >= 4 is 12.2 Å². The van der Waals surface area contributed by atoms with E-state index < -0.39 is 0 Å². The molecule has 122 valence electrons. The van der Waals surface area contributed by atoms with E-state index in [1.54, 1.807) is 4.68 Å². The van der Waals surface area contributed by atoms with Gasteiger partial charge < -0.3 is 4.42 Å². The molecule has 0 radical (unpaired) electrons. The van der Waals surface area contributed by atoms with E-state index in [-0.39, 0.29) is 0 Å². The lowest BCUT2D eigenvalue weighted by Crippen LogP contribution is -2.26. The fourth-order valence-electron chi connectivity index (χ4n) is 3.21. The van der Waals surface area contributed by atoms with Crippen molar-refractivity contribution in [1.82, 2.24) is 19.7 Å².